The Balaban J connectivity index is 2.07. The zero-order chi connectivity index (χ0) is 14.3. The lowest BCUT2D eigenvalue weighted by atomic mass is 9.82. The van der Waals surface area contributed by atoms with Gasteiger partial charge in [0, 0.05) is 13.1 Å². The van der Waals surface area contributed by atoms with E-state index in [9.17, 15) is 4.39 Å². The van der Waals surface area contributed by atoms with Crippen LogP contribution in [0, 0.1) is 0 Å². The van der Waals surface area contributed by atoms with E-state index < -0.39 is 18.3 Å². The summed E-state index contributed by atoms with van der Waals surface area (Å²) in [5, 5.41) is 0. The summed E-state index contributed by atoms with van der Waals surface area (Å²) in [7, 11) is -0.826. The van der Waals surface area contributed by atoms with E-state index in [2.05, 4.69) is 11.8 Å². The molecule has 2 heterocycles. The van der Waals surface area contributed by atoms with Crippen LogP contribution in [0.5, 0.6) is 0 Å². The lowest BCUT2D eigenvalue weighted by Crippen LogP contribution is -2.41. The lowest BCUT2D eigenvalue weighted by Gasteiger charge is -2.32. The molecule has 2 rings (SSSR count). The van der Waals surface area contributed by atoms with Crippen molar-refractivity contribution in [3.05, 3.63) is 11.3 Å². The van der Waals surface area contributed by atoms with E-state index in [1.165, 1.54) is 0 Å². The fraction of sp³-hybridized carbons (Fsp3) is 0.857. The average molecular weight is 269 g/mol. The van der Waals surface area contributed by atoms with Gasteiger partial charge in [0.15, 0.2) is 0 Å². The van der Waals surface area contributed by atoms with E-state index in [1.807, 2.05) is 27.7 Å². The van der Waals surface area contributed by atoms with Gasteiger partial charge in [-0.25, -0.2) is 4.39 Å². The second-order valence-electron chi connectivity index (χ2n) is 6.47. The summed E-state index contributed by atoms with van der Waals surface area (Å²) in [6.45, 7) is 12.8. The van der Waals surface area contributed by atoms with Crippen LogP contribution in [-0.2, 0) is 9.31 Å². The first kappa shape index (κ1) is 15.0. The molecular weight excluding hydrogens is 244 g/mol. The molecule has 0 spiro atoms. The zero-order valence-electron chi connectivity index (χ0n) is 12.8. The third-order valence-electron chi connectivity index (χ3n) is 4.70. The molecule has 0 saturated carbocycles. The van der Waals surface area contributed by atoms with Crippen molar-refractivity contribution in [3.63, 3.8) is 0 Å². The largest absolute Gasteiger partial charge is 0.525 e. The van der Waals surface area contributed by atoms with Gasteiger partial charge in [0.25, 0.3) is 0 Å². The highest BCUT2D eigenvalue weighted by Crippen LogP contribution is 2.40. The molecule has 0 radical (unpaired) electrons. The van der Waals surface area contributed by atoms with E-state index in [0.29, 0.717) is 0 Å². The molecule has 0 N–H and O–H groups in total. The minimum Gasteiger partial charge on any atom is -0.398 e. The van der Waals surface area contributed by atoms with E-state index in [0.717, 1.165) is 38.0 Å². The van der Waals surface area contributed by atoms with Gasteiger partial charge in [0.1, 0.15) is 5.73 Å². The molecule has 0 aromatic rings. The van der Waals surface area contributed by atoms with Gasteiger partial charge in [-0.05, 0) is 52.7 Å². The summed E-state index contributed by atoms with van der Waals surface area (Å²) < 4.78 is 26.0. The van der Waals surface area contributed by atoms with Crippen molar-refractivity contribution < 1.29 is 13.7 Å². The van der Waals surface area contributed by atoms with Crippen LogP contribution in [0.25, 0.3) is 0 Å². The Morgan fingerprint density at radius 2 is 1.63 bits per heavy atom. The minimum absolute atomic E-state index is 0.200. The maximum atomic E-state index is 14.5. The first-order valence-corrected chi connectivity index (χ1v) is 7.22. The first-order valence-electron chi connectivity index (χ1n) is 7.22. The summed E-state index contributed by atoms with van der Waals surface area (Å²) in [6, 6.07) is 0. The van der Waals surface area contributed by atoms with Crippen LogP contribution >= 0.6 is 0 Å². The molecule has 0 aromatic heterocycles. The van der Waals surface area contributed by atoms with Crippen molar-refractivity contribution in [1.82, 2.24) is 4.90 Å². The maximum Gasteiger partial charge on any atom is 0.525 e. The molecule has 5 heteroatoms. The molecule has 19 heavy (non-hydrogen) atoms. The van der Waals surface area contributed by atoms with Crippen molar-refractivity contribution in [2.24, 2.45) is 0 Å². The van der Waals surface area contributed by atoms with E-state index in [-0.39, 0.29) is 5.73 Å². The third kappa shape index (κ3) is 2.88. The molecule has 0 aromatic carbocycles. The molecule has 0 unspecified atom stereocenters. The molecule has 0 bridgehead atoms. The van der Waals surface area contributed by atoms with Crippen LogP contribution in [0.15, 0.2) is 11.3 Å². The van der Waals surface area contributed by atoms with Crippen LogP contribution < -0.4 is 0 Å². The summed E-state index contributed by atoms with van der Waals surface area (Å²) in [4.78, 5) is 2.33. The monoisotopic (exact) mass is 269 g/mol. The number of piperidine rings is 1. The predicted octanol–water partition coefficient (Wildman–Crippen LogP) is 2.96. The molecule has 0 atom stereocenters. The fourth-order valence-electron chi connectivity index (χ4n) is 2.49. The molecule has 0 aliphatic carbocycles. The summed E-state index contributed by atoms with van der Waals surface area (Å²) in [5.41, 5.74) is -0.281. The molecule has 0 amide bonds. The van der Waals surface area contributed by atoms with Gasteiger partial charge >= 0.3 is 7.12 Å². The van der Waals surface area contributed by atoms with Crippen molar-refractivity contribution in [1.29, 1.82) is 0 Å². The second-order valence-corrected chi connectivity index (χ2v) is 6.47. The Hall–Kier alpha value is -0.385. The van der Waals surface area contributed by atoms with Crippen molar-refractivity contribution >= 4 is 7.12 Å². The smallest absolute Gasteiger partial charge is 0.398 e. The van der Waals surface area contributed by atoms with Gasteiger partial charge in [0.2, 0.25) is 0 Å². The SMILES string of the molecule is CCN1CCC(=C(F)B2OC(C)(C)C(C)(C)O2)CC1. The van der Waals surface area contributed by atoms with E-state index >= 15 is 0 Å². The Bertz CT molecular complexity index is 356. The van der Waals surface area contributed by atoms with Crippen molar-refractivity contribution in [2.75, 3.05) is 19.6 Å². The number of halogens is 1. The Morgan fingerprint density at radius 3 is 2.05 bits per heavy atom. The zero-order valence-corrected chi connectivity index (χ0v) is 12.8. The van der Waals surface area contributed by atoms with Crippen molar-refractivity contribution in [3.8, 4) is 0 Å². The highest BCUT2D eigenvalue weighted by Gasteiger charge is 2.53. The number of nitrogens with zero attached hydrogens (tertiary/aromatic N) is 1. The van der Waals surface area contributed by atoms with Gasteiger partial charge in [-0.2, -0.15) is 0 Å². The van der Waals surface area contributed by atoms with Crippen LogP contribution in [0.4, 0.5) is 4.39 Å². The van der Waals surface area contributed by atoms with Gasteiger partial charge in [-0.3, -0.25) is 0 Å². The number of rotatable bonds is 2. The Labute approximate surface area is 116 Å². The van der Waals surface area contributed by atoms with Gasteiger partial charge < -0.3 is 14.2 Å². The molecule has 2 fully saturated rings. The summed E-state index contributed by atoms with van der Waals surface area (Å²) >= 11 is 0. The normalized spacial score (nSPS) is 26.8. The van der Waals surface area contributed by atoms with E-state index in [4.69, 9.17) is 9.31 Å². The summed E-state index contributed by atoms with van der Waals surface area (Å²) in [5.74, 6) is 0. The second kappa shape index (κ2) is 5.19. The van der Waals surface area contributed by atoms with Crippen molar-refractivity contribution in [2.45, 2.75) is 58.7 Å². The summed E-state index contributed by atoms with van der Waals surface area (Å²) in [6.07, 6.45) is 1.56. The maximum absolute atomic E-state index is 14.5. The van der Waals surface area contributed by atoms with Crippen LogP contribution in [0.1, 0.15) is 47.5 Å². The molecule has 2 aliphatic rings. The Kier molecular flexibility index (Phi) is 4.10. The standard InChI is InChI=1S/C14H25BFNO2/c1-6-17-9-7-11(8-10-17)12(16)15-18-13(2,3)14(4,5)19-15/h6-10H2,1-5H3. The topological polar surface area (TPSA) is 21.7 Å². The van der Waals surface area contributed by atoms with Crippen LogP contribution in [-0.4, -0.2) is 42.9 Å². The molecular formula is C14H25BFNO2. The third-order valence-corrected chi connectivity index (χ3v) is 4.70. The number of hydrogen-bond donors (Lipinski definition) is 0. The highest BCUT2D eigenvalue weighted by atomic mass is 19.1. The highest BCUT2D eigenvalue weighted by molar-refractivity contribution is 6.53. The van der Waals surface area contributed by atoms with Crippen LogP contribution in [0.2, 0.25) is 0 Å². The quantitative estimate of drug-likeness (QED) is 0.719. The number of likely N-dealkylation sites (tertiary alicyclic amines) is 1. The van der Waals surface area contributed by atoms with Crippen LogP contribution in [0.3, 0.4) is 0 Å². The lowest BCUT2D eigenvalue weighted by molar-refractivity contribution is 0.00578. The molecule has 3 nitrogen and oxygen atoms in total. The minimum atomic E-state index is -0.826. The Morgan fingerprint density at radius 1 is 1.16 bits per heavy atom. The van der Waals surface area contributed by atoms with Gasteiger partial charge in [-0.15, -0.1) is 0 Å². The predicted molar refractivity (Wildman–Crippen MR) is 75.6 cm³/mol. The van der Waals surface area contributed by atoms with E-state index in [1.54, 1.807) is 0 Å². The number of hydrogen-bond acceptors (Lipinski definition) is 3. The fourth-order valence-corrected chi connectivity index (χ4v) is 2.49. The van der Waals surface area contributed by atoms with Gasteiger partial charge in [0.05, 0.1) is 11.2 Å². The van der Waals surface area contributed by atoms with Gasteiger partial charge in [-0.1, -0.05) is 6.92 Å². The molecule has 108 valence electrons. The average Bonchev–Trinajstić information content (AvgIpc) is 2.58. The first-order chi connectivity index (χ1) is 8.77. The molecule has 2 saturated heterocycles. The molecule has 2 aliphatic heterocycles.